The fourth-order valence-electron chi connectivity index (χ4n) is 4.47. The van der Waals surface area contributed by atoms with Gasteiger partial charge in [-0.15, -0.1) is 0 Å². The number of nitrogens with zero attached hydrogens (tertiary/aromatic N) is 4. The summed E-state index contributed by atoms with van der Waals surface area (Å²) in [6.07, 6.45) is 2.37. The number of methoxy groups -OCH3 is 1. The Morgan fingerprint density at radius 2 is 1.76 bits per heavy atom. The maximum absolute atomic E-state index is 12.9. The second kappa shape index (κ2) is 11.0. The van der Waals surface area contributed by atoms with Gasteiger partial charge in [-0.3, -0.25) is 4.57 Å². The minimum atomic E-state index is -0.0694. The average molecular weight is 464 g/mol. The van der Waals surface area contributed by atoms with E-state index in [2.05, 4.69) is 5.32 Å². The van der Waals surface area contributed by atoms with Gasteiger partial charge in [-0.05, 0) is 49.4 Å². The van der Waals surface area contributed by atoms with E-state index in [-0.39, 0.29) is 17.6 Å². The molecule has 8 nitrogen and oxygen atoms in total. The highest BCUT2D eigenvalue weighted by Gasteiger charge is 2.28. The highest BCUT2D eigenvalue weighted by atomic mass is 16.5. The van der Waals surface area contributed by atoms with E-state index in [4.69, 9.17) is 9.84 Å². The van der Waals surface area contributed by atoms with Crippen molar-refractivity contribution in [1.82, 2.24) is 24.6 Å². The Morgan fingerprint density at radius 1 is 1.06 bits per heavy atom. The van der Waals surface area contributed by atoms with Gasteiger partial charge in [-0.2, -0.15) is 5.10 Å². The van der Waals surface area contributed by atoms with E-state index >= 15 is 0 Å². The first-order valence-electron chi connectivity index (χ1n) is 12.0. The first-order chi connectivity index (χ1) is 16.6. The van der Waals surface area contributed by atoms with Crippen molar-refractivity contribution in [3.05, 3.63) is 82.0 Å². The first-order valence-corrected chi connectivity index (χ1v) is 12.0. The number of nitrogens with one attached hydrogen (secondary N) is 1. The maximum Gasteiger partial charge on any atom is 0.346 e. The van der Waals surface area contributed by atoms with Gasteiger partial charge in [0.15, 0.2) is 0 Å². The van der Waals surface area contributed by atoms with E-state index in [1.165, 1.54) is 0 Å². The van der Waals surface area contributed by atoms with E-state index in [9.17, 15) is 9.59 Å². The van der Waals surface area contributed by atoms with Crippen molar-refractivity contribution < 1.29 is 9.53 Å². The summed E-state index contributed by atoms with van der Waals surface area (Å²) in [6.45, 7) is 4.93. The number of hydrogen-bond donors (Lipinski definition) is 1. The van der Waals surface area contributed by atoms with Crippen molar-refractivity contribution in [3.63, 3.8) is 0 Å². The van der Waals surface area contributed by atoms with Crippen molar-refractivity contribution >= 4 is 6.03 Å². The summed E-state index contributed by atoms with van der Waals surface area (Å²) in [5.74, 6) is 1.84. The second-order valence-electron chi connectivity index (χ2n) is 8.62. The quantitative estimate of drug-likeness (QED) is 0.556. The van der Waals surface area contributed by atoms with Crippen LogP contribution in [0.2, 0.25) is 0 Å². The molecule has 1 N–H and O–H groups in total. The highest BCUT2D eigenvalue weighted by molar-refractivity contribution is 5.74. The number of aromatic nitrogens is 3. The van der Waals surface area contributed by atoms with E-state index in [0.717, 1.165) is 42.0 Å². The molecule has 0 saturated carbocycles. The Balaban J connectivity index is 1.31. The minimum absolute atomic E-state index is 0.0329. The molecule has 1 saturated heterocycles. The lowest BCUT2D eigenvalue weighted by Crippen LogP contribution is -2.45. The van der Waals surface area contributed by atoms with Crippen LogP contribution in [-0.4, -0.2) is 52.0 Å². The second-order valence-corrected chi connectivity index (χ2v) is 8.62. The van der Waals surface area contributed by atoms with Gasteiger partial charge in [0.25, 0.3) is 0 Å². The summed E-state index contributed by atoms with van der Waals surface area (Å²) in [4.78, 5) is 27.4. The molecular formula is C26H33N5O3. The van der Waals surface area contributed by atoms with Crippen LogP contribution in [0.15, 0.2) is 59.4 Å². The van der Waals surface area contributed by atoms with Gasteiger partial charge in [0.1, 0.15) is 11.6 Å². The minimum Gasteiger partial charge on any atom is -0.497 e. The molecule has 0 aliphatic carbocycles. The molecule has 180 valence electrons. The van der Waals surface area contributed by atoms with Gasteiger partial charge < -0.3 is 15.0 Å². The summed E-state index contributed by atoms with van der Waals surface area (Å²) in [5.41, 5.74) is 2.14. The molecule has 1 aromatic heterocycles. The number of piperidine rings is 1. The summed E-state index contributed by atoms with van der Waals surface area (Å²) < 4.78 is 8.52. The summed E-state index contributed by atoms with van der Waals surface area (Å²) in [7, 11) is 1.65. The van der Waals surface area contributed by atoms with Gasteiger partial charge >= 0.3 is 11.7 Å². The van der Waals surface area contributed by atoms with E-state index in [0.29, 0.717) is 32.7 Å². The zero-order valence-electron chi connectivity index (χ0n) is 19.9. The molecular weight excluding hydrogens is 430 g/mol. The normalized spacial score (nSPS) is 14.2. The van der Waals surface area contributed by atoms with Crippen molar-refractivity contribution in [2.24, 2.45) is 0 Å². The topological polar surface area (TPSA) is 81.4 Å². The summed E-state index contributed by atoms with van der Waals surface area (Å²) in [5, 5.41) is 7.73. The molecule has 34 heavy (non-hydrogen) atoms. The van der Waals surface area contributed by atoms with Crippen LogP contribution in [0.4, 0.5) is 4.79 Å². The van der Waals surface area contributed by atoms with Crippen LogP contribution in [0.25, 0.3) is 0 Å². The molecule has 4 rings (SSSR count). The number of benzene rings is 2. The van der Waals surface area contributed by atoms with Crippen LogP contribution >= 0.6 is 0 Å². The fraction of sp³-hybridized carbons (Fsp3) is 0.423. The average Bonchev–Trinajstić information content (AvgIpc) is 3.19. The Morgan fingerprint density at radius 3 is 2.41 bits per heavy atom. The number of urea groups is 1. The van der Waals surface area contributed by atoms with Gasteiger partial charge in [-0.25, -0.2) is 14.3 Å². The molecule has 1 aliphatic rings. The van der Waals surface area contributed by atoms with Crippen molar-refractivity contribution in [3.8, 4) is 5.75 Å². The van der Waals surface area contributed by atoms with Gasteiger partial charge in [0.2, 0.25) is 0 Å². The van der Waals surface area contributed by atoms with E-state index in [1.54, 1.807) is 16.4 Å². The lowest BCUT2D eigenvalue weighted by molar-refractivity contribution is 0.180. The number of amides is 2. The zero-order valence-corrected chi connectivity index (χ0v) is 19.9. The molecule has 0 spiro atoms. The van der Waals surface area contributed by atoms with Crippen LogP contribution in [0.5, 0.6) is 5.75 Å². The lowest BCUT2D eigenvalue weighted by Gasteiger charge is -2.31. The van der Waals surface area contributed by atoms with Gasteiger partial charge in [0, 0.05) is 32.1 Å². The molecule has 2 aromatic carbocycles. The van der Waals surface area contributed by atoms with Crippen LogP contribution in [-0.2, 0) is 19.5 Å². The molecule has 0 bridgehead atoms. The molecule has 8 heteroatoms. The molecule has 1 aliphatic heterocycles. The Hall–Kier alpha value is -3.55. The summed E-state index contributed by atoms with van der Waals surface area (Å²) >= 11 is 0. The van der Waals surface area contributed by atoms with Crippen molar-refractivity contribution in [2.45, 2.75) is 45.2 Å². The predicted octanol–water partition coefficient (Wildman–Crippen LogP) is 3.25. The largest absolute Gasteiger partial charge is 0.497 e. The van der Waals surface area contributed by atoms with Crippen LogP contribution in [0.3, 0.4) is 0 Å². The van der Waals surface area contributed by atoms with E-state index in [1.807, 2.05) is 66.4 Å². The van der Waals surface area contributed by atoms with Crippen molar-refractivity contribution in [2.75, 3.05) is 26.7 Å². The third kappa shape index (κ3) is 5.50. The third-order valence-electron chi connectivity index (χ3n) is 6.44. The maximum atomic E-state index is 12.9. The monoisotopic (exact) mass is 463 g/mol. The molecule has 0 unspecified atom stereocenters. The first kappa shape index (κ1) is 23.6. The molecule has 2 heterocycles. The van der Waals surface area contributed by atoms with E-state index < -0.39 is 0 Å². The number of ether oxygens (including phenoxy) is 1. The Bertz CT molecular complexity index is 1130. The van der Waals surface area contributed by atoms with Gasteiger partial charge in [0.05, 0.1) is 13.7 Å². The SMILES string of the molecule is CCn1c(C2CCN(C(=O)NCCc3ccc(OC)cc3)CC2)nn(Cc2ccccc2)c1=O. The third-order valence-corrected chi connectivity index (χ3v) is 6.44. The lowest BCUT2D eigenvalue weighted by atomic mass is 9.96. The Kier molecular flexibility index (Phi) is 7.67. The van der Waals surface area contributed by atoms with Crippen LogP contribution < -0.4 is 15.7 Å². The fourth-order valence-corrected chi connectivity index (χ4v) is 4.47. The smallest absolute Gasteiger partial charge is 0.346 e. The molecule has 2 amide bonds. The molecule has 1 fully saturated rings. The summed E-state index contributed by atoms with van der Waals surface area (Å²) in [6, 6.07) is 17.8. The molecule has 0 atom stereocenters. The predicted molar refractivity (Wildman–Crippen MR) is 131 cm³/mol. The molecule has 0 radical (unpaired) electrons. The highest BCUT2D eigenvalue weighted by Crippen LogP contribution is 2.26. The number of rotatable bonds is 8. The number of carbonyl (C=O) groups excluding carboxylic acids is 1. The van der Waals surface area contributed by atoms with Crippen LogP contribution in [0, 0.1) is 0 Å². The number of likely N-dealkylation sites (tertiary alicyclic amines) is 1. The Labute approximate surface area is 200 Å². The van der Waals surface area contributed by atoms with Crippen LogP contribution in [0.1, 0.15) is 42.6 Å². The molecule has 3 aromatic rings. The number of hydrogen-bond acceptors (Lipinski definition) is 4. The van der Waals surface area contributed by atoms with Crippen molar-refractivity contribution in [1.29, 1.82) is 0 Å². The number of carbonyl (C=O) groups is 1. The zero-order chi connectivity index (χ0) is 23.9. The van der Waals surface area contributed by atoms with Gasteiger partial charge in [-0.1, -0.05) is 42.5 Å². The standard InChI is InChI=1S/C26H33N5O3/c1-3-30-24(28-31(26(30)33)19-21-7-5-4-6-8-21)22-14-17-29(18-15-22)25(32)27-16-13-20-9-11-23(34-2)12-10-20/h4-12,22H,3,13-19H2,1-2H3,(H,27,32).